The maximum atomic E-state index is 12.4. The van der Waals surface area contributed by atoms with E-state index in [1.54, 1.807) is 22.9 Å². The van der Waals surface area contributed by atoms with Crippen molar-refractivity contribution in [2.45, 2.75) is 53.9 Å². The van der Waals surface area contributed by atoms with Crippen LogP contribution in [0.15, 0.2) is 96.6 Å². The first-order valence-electron chi connectivity index (χ1n) is 12.9. The molecule has 3 heteroatoms. The van der Waals surface area contributed by atoms with Crippen molar-refractivity contribution in [1.29, 1.82) is 0 Å². The summed E-state index contributed by atoms with van der Waals surface area (Å²) in [6, 6.07) is 25.5. The minimum atomic E-state index is 0.0959. The van der Waals surface area contributed by atoms with Crippen molar-refractivity contribution in [3.63, 3.8) is 0 Å². The molecular formula is C33H41NOS. The number of amides is 1. The summed E-state index contributed by atoms with van der Waals surface area (Å²) >= 11 is 1.66. The SMILES string of the molecule is C=CN(CCc1ccc(C)c(C)c1)C(=O)C1=CCCCS1.CC.Cc1ccc(-c2ccccc2)cc1. The molecule has 0 bridgehead atoms. The quantitative estimate of drug-likeness (QED) is 0.337. The molecule has 0 aliphatic carbocycles. The van der Waals surface area contributed by atoms with Gasteiger partial charge in [-0.15, -0.1) is 11.8 Å². The zero-order valence-electron chi connectivity index (χ0n) is 22.6. The highest BCUT2D eigenvalue weighted by atomic mass is 32.2. The summed E-state index contributed by atoms with van der Waals surface area (Å²) in [7, 11) is 0. The molecule has 36 heavy (non-hydrogen) atoms. The van der Waals surface area contributed by atoms with Crippen LogP contribution < -0.4 is 0 Å². The average Bonchev–Trinajstić information content (AvgIpc) is 2.94. The first-order valence-corrected chi connectivity index (χ1v) is 13.9. The van der Waals surface area contributed by atoms with Crippen LogP contribution in [0.25, 0.3) is 11.1 Å². The maximum absolute atomic E-state index is 12.4. The van der Waals surface area contributed by atoms with Gasteiger partial charge in [-0.25, -0.2) is 0 Å². The van der Waals surface area contributed by atoms with Gasteiger partial charge in [0.2, 0.25) is 0 Å². The first-order chi connectivity index (χ1) is 17.5. The lowest BCUT2D eigenvalue weighted by Crippen LogP contribution is -2.28. The van der Waals surface area contributed by atoms with Crippen molar-refractivity contribution in [3.05, 3.63) is 119 Å². The summed E-state index contributed by atoms with van der Waals surface area (Å²) in [4.78, 5) is 15.0. The molecule has 2 nitrogen and oxygen atoms in total. The zero-order chi connectivity index (χ0) is 26.3. The number of thioether (sulfide) groups is 1. The first kappa shape index (κ1) is 29.2. The summed E-state index contributed by atoms with van der Waals surface area (Å²) in [5.41, 5.74) is 7.74. The highest BCUT2D eigenvalue weighted by Crippen LogP contribution is 2.26. The molecule has 3 aromatic carbocycles. The van der Waals surface area contributed by atoms with E-state index < -0.39 is 0 Å². The molecule has 0 N–H and O–H groups in total. The highest BCUT2D eigenvalue weighted by molar-refractivity contribution is 8.04. The minimum Gasteiger partial charge on any atom is -0.315 e. The van der Waals surface area contributed by atoms with E-state index in [2.05, 4.69) is 100 Å². The van der Waals surface area contributed by atoms with Crippen molar-refractivity contribution >= 4 is 17.7 Å². The van der Waals surface area contributed by atoms with Crippen LogP contribution in [0.5, 0.6) is 0 Å². The molecule has 0 atom stereocenters. The average molecular weight is 500 g/mol. The van der Waals surface area contributed by atoms with Crippen LogP contribution in [-0.2, 0) is 11.2 Å². The Bertz CT molecular complexity index is 1120. The van der Waals surface area contributed by atoms with Gasteiger partial charge in [-0.3, -0.25) is 4.79 Å². The fraction of sp³-hybridized carbons (Fsp3) is 0.303. The van der Waals surface area contributed by atoms with Crippen molar-refractivity contribution in [3.8, 4) is 11.1 Å². The second-order valence-electron chi connectivity index (χ2n) is 8.64. The third kappa shape index (κ3) is 9.20. The Balaban J connectivity index is 0.000000260. The molecule has 1 aliphatic heterocycles. The van der Waals surface area contributed by atoms with E-state index in [4.69, 9.17) is 0 Å². The molecule has 0 saturated heterocycles. The molecular weight excluding hydrogens is 458 g/mol. The number of hydrogen-bond acceptors (Lipinski definition) is 2. The normalized spacial score (nSPS) is 12.2. The number of hydrogen-bond donors (Lipinski definition) is 0. The van der Waals surface area contributed by atoms with E-state index in [0.717, 1.165) is 29.9 Å². The van der Waals surface area contributed by atoms with Gasteiger partial charge in [-0.1, -0.05) is 105 Å². The fourth-order valence-electron chi connectivity index (χ4n) is 3.71. The Kier molecular flexibility index (Phi) is 12.9. The second kappa shape index (κ2) is 15.9. The molecule has 190 valence electrons. The van der Waals surface area contributed by atoms with Gasteiger partial charge in [0.15, 0.2) is 0 Å². The van der Waals surface area contributed by atoms with E-state index in [-0.39, 0.29) is 5.91 Å². The summed E-state index contributed by atoms with van der Waals surface area (Å²) in [5.74, 6) is 1.14. The van der Waals surface area contributed by atoms with E-state index in [1.807, 2.05) is 19.9 Å². The number of carbonyl (C=O) groups excluding carboxylic acids is 1. The van der Waals surface area contributed by atoms with Crippen molar-refractivity contribution < 1.29 is 4.79 Å². The molecule has 0 unspecified atom stereocenters. The van der Waals surface area contributed by atoms with Gasteiger partial charge < -0.3 is 4.90 Å². The number of carbonyl (C=O) groups is 1. The van der Waals surface area contributed by atoms with Gasteiger partial charge in [0.25, 0.3) is 5.91 Å². The van der Waals surface area contributed by atoms with Gasteiger partial charge in [0.1, 0.15) is 0 Å². The molecule has 1 aliphatic rings. The number of rotatable bonds is 6. The van der Waals surface area contributed by atoms with E-state index >= 15 is 0 Å². The Hall–Kier alpha value is -3.04. The maximum Gasteiger partial charge on any atom is 0.263 e. The predicted molar refractivity (Wildman–Crippen MR) is 159 cm³/mol. The van der Waals surface area contributed by atoms with Crippen molar-refractivity contribution in [2.75, 3.05) is 12.3 Å². The van der Waals surface area contributed by atoms with E-state index in [9.17, 15) is 4.79 Å². The van der Waals surface area contributed by atoms with Crippen LogP contribution in [0.2, 0.25) is 0 Å². The number of allylic oxidation sites excluding steroid dienone is 1. The van der Waals surface area contributed by atoms with Crippen LogP contribution in [0.4, 0.5) is 0 Å². The van der Waals surface area contributed by atoms with Crippen LogP contribution >= 0.6 is 11.8 Å². The topological polar surface area (TPSA) is 20.3 Å². The third-order valence-corrected chi connectivity index (χ3v) is 7.14. The predicted octanol–water partition coefficient (Wildman–Crippen LogP) is 8.92. The Labute approximate surface area is 223 Å². The molecule has 1 heterocycles. The molecule has 4 rings (SSSR count). The van der Waals surface area contributed by atoms with Crippen molar-refractivity contribution in [2.24, 2.45) is 0 Å². The van der Waals surface area contributed by atoms with E-state index in [1.165, 1.54) is 33.4 Å². The van der Waals surface area contributed by atoms with Crippen molar-refractivity contribution in [1.82, 2.24) is 4.90 Å². The van der Waals surface area contributed by atoms with E-state index in [0.29, 0.717) is 6.54 Å². The Morgan fingerprint density at radius 3 is 2.17 bits per heavy atom. The van der Waals surface area contributed by atoms with Gasteiger partial charge in [-0.05, 0) is 79.8 Å². The third-order valence-electron chi connectivity index (χ3n) is 6.00. The number of benzene rings is 3. The van der Waals surface area contributed by atoms with Crippen LogP contribution in [0.1, 0.15) is 48.9 Å². The highest BCUT2D eigenvalue weighted by Gasteiger charge is 2.18. The lowest BCUT2D eigenvalue weighted by Gasteiger charge is -2.21. The van der Waals surface area contributed by atoms with Gasteiger partial charge in [0.05, 0.1) is 4.91 Å². The second-order valence-corrected chi connectivity index (χ2v) is 9.78. The number of nitrogens with zero attached hydrogens (tertiary/aromatic N) is 1. The lowest BCUT2D eigenvalue weighted by molar-refractivity contribution is -0.123. The summed E-state index contributed by atoms with van der Waals surface area (Å²) in [5, 5.41) is 0. The molecule has 0 spiro atoms. The van der Waals surface area contributed by atoms with Gasteiger partial charge in [0, 0.05) is 6.54 Å². The minimum absolute atomic E-state index is 0.0959. The summed E-state index contributed by atoms with van der Waals surface area (Å²) in [6.45, 7) is 14.8. The van der Waals surface area contributed by atoms with Crippen LogP contribution in [-0.4, -0.2) is 23.1 Å². The monoisotopic (exact) mass is 499 g/mol. The van der Waals surface area contributed by atoms with Crippen LogP contribution in [0.3, 0.4) is 0 Å². The zero-order valence-corrected chi connectivity index (χ0v) is 23.4. The Morgan fingerprint density at radius 2 is 1.58 bits per heavy atom. The smallest absolute Gasteiger partial charge is 0.263 e. The molecule has 0 aromatic heterocycles. The van der Waals surface area contributed by atoms with Crippen LogP contribution in [0, 0.1) is 20.8 Å². The molecule has 0 saturated carbocycles. The standard InChI is InChI=1S/C18H23NOS.C13H12.C2H6/c1-4-19(18(20)17-7-5-6-12-21-17)11-10-16-9-8-14(2)15(3)13-16;1-11-7-9-13(10-8-11)12-5-3-2-4-6-12;1-2/h4,7-9,13H,1,5-6,10-12H2,2-3H3;2-10H,1H3;1-2H3. The van der Waals surface area contributed by atoms with Gasteiger partial charge >= 0.3 is 0 Å². The fourth-order valence-corrected chi connectivity index (χ4v) is 4.72. The summed E-state index contributed by atoms with van der Waals surface area (Å²) < 4.78 is 0. The largest absolute Gasteiger partial charge is 0.315 e. The molecule has 0 radical (unpaired) electrons. The summed E-state index contributed by atoms with van der Waals surface area (Å²) in [6.07, 6.45) is 6.74. The lowest BCUT2D eigenvalue weighted by atomic mass is 10.0. The Morgan fingerprint density at radius 1 is 0.917 bits per heavy atom. The number of aryl methyl sites for hydroxylation is 3. The molecule has 3 aromatic rings. The molecule has 1 amide bonds. The van der Waals surface area contributed by atoms with Gasteiger partial charge in [-0.2, -0.15) is 0 Å². The molecule has 0 fully saturated rings.